The molecule has 8 nitrogen and oxygen atoms in total. The Morgan fingerprint density at radius 2 is 1.93 bits per heavy atom. The molecule has 0 saturated heterocycles. The molecule has 3 aromatic heterocycles. The van der Waals surface area contributed by atoms with Crippen molar-refractivity contribution in [3.63, 3.8) is 0 Å². The Kier molecular flexibility index (Phi) is 4.41. The maximum Gasteiger partial charge on any atom is 0.257 e. The molecule has 142 valence electrons. The highest BCUT2D eigenvalue weighted by Crippen LogP contribution is 2.24. The molecule has 5 rings (SSSR count). The Bertz CT molecular complexity index is 1280. The fraction of sp³-hybridized carbons (Fsp3) is 0.0500. The third-order valence-corrected chi connectivity index (χ3v) is 5.06. The number of carbonyl (C=O) groups excluding carboxylic acids is 1. The number of thioether (sulfide) groups is 1. The van der Waals surface area contributed by atoms with E-state index in [9.17, 15) is 4.79 Å². The summed E-state index contributed by atoms with van der Waals surface area (Å²) in [6.45, 7) is 0. The Morgan fingerprint density at radius 1 is 1.07 bits per heavy atom. The highest BCUT2D eigenvalue weighted by molar-refractivity contribution is 7.99. The SMILES string of the molecule is O=C(CSc1nc2ccccc2o1)Nc1ccc(-c2ccc3nncn3n2)cc1. The number of benzene rings is 2. The van der Waals surface area contributed by atoms with Gasteiger partial charge in [0.15, 0.2) is 11.2 Å². The van der Waals surface area contributed by atoms with Crippen molar-refractivity contribution < 1.29 is 9.21 Å². The van der Waals surface area contributed by atoms with Gasteiger partial charge in [-0.2, -0.15) is 9.61 Å². The molecule has 5 aromatic rings. The minimum absolute atomic E-state index is 0.131. The van der Waals surface area contributed by atoms with Gasteiger partial charge in [0.1, 0.15) is 11.8 Å². The van der Waals surface area contributed by atoms with Crippen LogP contribution in [-0.4, -0.2) is 36.5 Å². The van der Waals surface area contributed by atoms with Gasteiger partial charge < -0.3 is 9.73 Å². The van der Waals surface area contributed by atoms with Crippen molar-refractivity contribution in [3.05, 3.63) is 67.0 Å². The summed E-state index contributed by atoms with van der Waals surface area (Å²) in [5, 5.41) is 15.6. The molecular weight excluding hydrogens is 388 g/mol. The quantitative estimate of drug-likeness (QED) is 0.448. The van der Waals surface area contributed by atoms with E-state index in [1.807, 2.05) is 60.7 Å². The lowest BCUT2D eigenvalue weighted by molar-refractivity contribution is -0.113. The predicted molar refractivity (Wildman–Crippen MR) is 110 cm³/mol. The number of para-hydroxylation sites is 2. The van der Waals surface area contributed by atoms with Crippen molar-refractivity contribution in [1.82, 2.24) is 24.8 Å². The second-order valence-electron chi connectivity index (χ2n) is 6.21. The molecule has 0 aliphatic rings. The lowest BCUT2D eigenvalue weighted by atomic mass is 10.1. The molecule has 29 heavy (non-hydrogen) atoms. The zero-order valence-electron chi connectivity index (χ0n) is 15.0. The Morgan fingerprint density at radius 3 is 2.79 bits per heavy atom. The molecule has 0 unspecified atom stereocenters. The summed E-state index contributed by atoms with van der Waals surface area (Å²) in [7, 11) is 0. The number of oxazole rings is 1. The fourth-order valence-corrected chi connectivity index (χ4v) is 3.48. The van der Waals surface area contributed by atoms with Crippen LogP contribution in [-0.2, 0) is 4.79 Å². The lowest BCUT2D eigenvalue weighted by Gasteiger charge is -2.06. The summed E-state index contributed by atoms with van der Waals surface area (Å²) in [6.07, 6.45) is 1.56. The largest absolute Gasteiger partial charge is 0.431 e. The minimum Gasteiger partial charge on any atom is -0.431 e. The molecule has 0 atom stereocenters. The number of anilines is 1. The van der Waals surface area contributed by atoms with Gasteiger partial charge in [-0.1, -0.05) is 36.0 Å². The van der Waals surface area contributed by atoms with Crippen LogP contribution in [0.15, 0.2) is 76.6 Å². The van der Waals surface area contributed by atoms with E-state index in [-0.39, 0.29) is 11.7 Å². The average molecular weight is 402 g/mol. The Balaban J connectivity index is 1.22. The van der Waals surface area contributed by atoms with E-state index < -0.39 is 0 Å². The van der Waals surface area contributed by atoms with Gasteiger partial charge in [0.25, 0.3) is 5.22 Å². The van der Waals surface area contributed by atoms with Gasteiger partial charge in [0.05, 0.1) is 11.4 Å². The monoisotopic (exact) mass is 402 g/mol. The molecule has 9 heteroatoms. The number of rotatable bonds is 5. The van der Waals surface area contributed by atoms with E-state index in [1.54, 1.807) is 10.8 Å². The van der Waals surface area contributed by atoms with Crippen LogP contribution in [0.1, 0.15) is 0 Å². The lowest BCUT2D eigenvalue weighted by Crippen LogP contribution is -2.13. The summed E-state index contributed by atoms with van der Waals surface area (Å²) >= 11 is 1.26. The van der Waals surface area contributed by atoms with Crippen LogP contribution < -0.4 is 5.32 Å². The predicted octanol–water partition coefficient (Wildman–Crippen LogP) is 3.66. The zero-order chi connectivity index (χ0) is 19.6. The number of aromatic nitrogens is 5. The highest BCUT2D eigenvalue weighted by atomic mass is 32.2. The maximum absolute atomic E-state index is 12.2. The van der Waals surface area contributed by atoms with Crippen molar-refractivity contribution in [2.24, 2.45) is 0 Å². The van der Waals surface area contributed by atoms with Crippen LogP contribution in [0.5, 0.6) is 0 Å². The Labute approximate surface area is 169 Å². The topological polar surface area (TPSA) is 98.2 Å². The van der Waals surface area contributed by atoms with E-state index in [2.05, 4.69) is 25.6 Å². The fourth-order valence-electron chi connectivity index (χ4n) is 2.84. The molecule has 0 radical (unpaired) electrons. The molecule has 1 N–H and O–H groups in total. The number of fused-ring (bicyclic) bond motifs is 2. The van der Waals surface area contributed by atoms with E-state index in [0.29, 0.717) is 22.1 Å². The highest BCUT2D eigenvalue weighted by Gasteiger charge is 2.10. The van der Waals surface area contributed by atoms with Gasteiger partial charge in [0.2, 0.25) is 5.91 Å². The van der Waals surface area contributed by atoms with E-state index >= 15 is 0 Å². The van der Waals surface area contributed by atoms with E-state index in [4.69, 9.17) is 4.42 Å². The molecule has 1 amide bonds. The molecule has 0 bridgehead atoms. The number of nitrogens with one attached hydrogen (secondary N) is 1. The van der Waals surface area contributed by atoms with Crippen molar-refractivity contribution in [2.75, 3.05) is 11.1 Å². The number of carbonyl (C=O) groups is 1. The standard InChI is InChI=1S/C20H14N6O2S/c27-19(11-29-20-23-16-3-1-2-4-17(16)28-20)22-14-7-5-13(6-8-14)15-9-10-18-24-21-12-26(18)25-15/h1-10,12H,11H2,(H,22,27). The Hall–Kier alpha value is -3.72. The van der Waals surface area contributed by atoms with E-state index in [1.165, 1.54) is 11.8 Å². The molecule has 3 heterocycles. The first-order valence-corrected chi connectivity index (χ1v) is 9.79. The summed E-state index contributed by atoms with van der Waals surface area (Å²) in [5.74, 6) is 0.0782. The van der Waals surface area contributed by atoms with Gasteiger partial charge in [-0.3, -0.25) is 4.79 Å². The number of hydrogen-bond acceptors (Lipinski definition) is 7. The van der Waals surface area contributed by atoms with Crippen molar-refractivity contribution in [1.29, 1.82) is 0 Å². The van der Waals surface area contributed by atoms with Gasteiger partial charge in [-0.15, -0.1) is 10.2 Å². The van der Waals surface area contributed by atoms with Crippen LogP contribution in [0.4, 0.5) is 5.69 Å². The third kappa shape index (κ3) is 3.67. The zero-order valence-corrected chi connectivity index (χ0v) is 15.8. The second kappa shape index (κ2) is 7.36. The molecule has 0 spiro atoms. The normalized spacial score (nSPS) is 11.2. The number of amides is 1. The van der Waals surface area contributed by atoms with Crippen LogP contribution in [0.2, 0.25) is 0 Å². The minimum atomic E-state index is -0.131. The molecule has 2 aromatic carbocycles. The van der Waals surface area contributed by atoms with E-state index in [0.717, 1.165) is 16.8 Å². The molecule has 0 fully saturated rings. The number of nitrogens with zero attached hydrogens (tertiary/aromatic N) is 5. The first-order chi connectivity index (χ1) is 14.2. The van der Waals surface area contributed by atoms with Gasteiger partial charge in [-0.25, -0.2) is 4.98 Å². The van der Waals surface area contributed by atoms with Crippen LogP contribution in [0.25, 0.3) is 28.0 Å². The second-order valence-corrected chi connectivity index (χ2v) is 7.14. The van der Waals surface area contributed by atoms with Gasteiger partial charge >= 0.3 is 0 Å². The van der Waals surface area contributed by atoms with Crippen LogP contribution in [0.3, 0.4) is 0 Å². The first kappa shape index (κ1) is 17.4. The summed E-state index contributed by atoms with van der Waals surface area (Å²) in [4.78, 5) is 16.6. The molecular formula is C20H14N6O2S. The van der Waals surface area contributed by atoms with Crippen molar-refractivity contribution in [2.45, 2.75) is 5.22 Å². The van der Waals surface area contributed by atoms with Crippen LogP contribution >= 0.6 is 11.8 Å². The van der Waals surface area contributed by atoms with Crippen LogP contribution in [0, 0.1) is 0 Å². The summed E-state index contributed by atoms with van der Waals surface area (Å²) in [5.41, 5.74) is 4.62. The third-order valence-electron chi connectivity index (χ3n) is 4.23. The average Bonchev–Trinajstić information content (AvgIpc) is 3.38. The number of hydrogen-bond donors (Lipinski definition) is 1. The summed E-state index contributed by atoms with van der Waals surface area (Å²) < 4.78 is 7.23. The first-order valence-electron chi connectivity index (χ1n) is 8.80. The molecule has 0 aliphatic heterocycles. The smallest absolute Gasteiger partial charge is 0.257 e. The van der Waals surface area contributed by atoms with Crippen molar-refractivity contribution >= 4 is 40.1 Å². The molecule has 0 aliphatic carbocycles. The maximum atomic E-state index is 12.2. The van der Waals surface area contributed by atoms with Gasteiger partial charge in [0, 0.05) is 11.3 Å². The van der Waals surface area contributed by atoms with Crippen molar-refractivity contribution in [3.8, 4) is 11.3 Å². The molecule has 0 saturated carbocycles. The summed E-state index contributed by atoms with van der Waals surface area (Å²) in [6, 6.07) is 18.7. The van der Waals surface area contributed by atoms with Gasteiger partial charge in [-0.05, 0) is 36.4 Å².